The Kier molecular flexibility index (Phi) is 3.87. The highest BCUT2D eigenvalue weighted by molar-refractivity contribution is 5.92. The minimum atomic E-state index is -4.44. The van der Waals surface area contributed by atoms with E-state index in [0.717, 1.165) is 6.20 Å². The summed E-state index contributed by atoms with van der Waals surface area (Å²) in [5.41, 5.74) is -0.524. The van der Waals surface area contributed by atoms with Crippen molar-refractivity contribution in [1.29, 1.82) is 0 Å². The van der Waals surface area contributed by atoms with E-state index >= 15 is 0 Å². The molecule has 1 aliphatic heterocycles. The van der Waals surface area contributed by atoms with Crippen LogP contribution in [0.2, 0.25) is 0 Å². The van der Waals surface area contributed by atoms with Gasteiger partial charge >= 0.3 is 6.18 Å². The number of nitrogens with zero attached hydrogens (tertiary/aromatic N) is 4. The first-order valence-corrected chi connectivity index (χ1v) is 7.24. The van der Waals surface area contributed by atoms with E-state index < -0.39 is 11.9 Å². The van der Waals surface area contributed by atoms with Gasteiger partial charge in [0.1, 0.15) is 17.2 Å². The van der Waals surface area contributed by atoms with Gasteiger partial charge in [-0.2, -0.15) is 13.2 Å². The van der Waals surface area contributed by atoms with Crippen LogP contribution in [0.1, 0.15) is 40.8 Å². The van der Waals surface area contributed by atoms with E-state index in [1.165, 1.54) is 6.33 Å². The van der Waals surface area contributed by atoms with E-state index in [1.807, 2.05) is 0 Å². The van der Waals surface area contributed by atoms with Crippen molar-refractivity contribution in [2.75, 3.05) is 13.1 Å². The molecular weight excluding hydrogens is 311 g/mol. The number of imidazole rings is 2. The van der Waals surface area contributed by atoms with Gasteiger partial charge in [0.15, 0.2) is 0 Å². The third-order valence-electron chi connectivity index (χ3n) is 3.92. The molecule has 3 rings (SSSR count). The Balaban J connectivity index is 1.73. The molecule has 2 aromatic rings. The van der Waals surface area contributed by atoms with Crippen molar-refractivity contribution in [3.05, 3.63) is 35.9 Å². The van der Waals surface area contributed by atoms with Crippen LogP contribution in [0.15, 0.2) is 18.7 Å². The Morgan fingerprint density at radius 3 is 2.78 bits per heavy atom. The minimum absolute atomic E-state index is 0.210. The predicted molar refractivity (Wildman–Crippen MR) is 74.7 cm³/mol. The zero-order valence-corrected chi connectivity index (χ0v) is 12.5. The van der Waals surface area contributed by atoms with Crippen molar-refractivity contribution in [3.63, 3.8) is 0 Å². The summed E-state index contributed by atoms with van der Waals surface area (Å²) in [6.45, 7) is 0.902. The smallest absolute Gasteiger partial charge is 0.340 e. The van der Waals surface area contributed by atoms with Gasteiger partial charge in [-0.3, -0.25) is 4.79 Å². The molecule has 3 heterocycles. The van der Waals surface area contributed by atoms with Crippen molar-refractivity contribution in [1.82, 2.24) is 24.4 Å². The average molecular weight is 327 g/mol. The number of piperidine rings is 1. The van der Waals surface area contributed by atoms with Crippen LogP contribution in [-0.2, 0) is 13.2 Å². The number of carbonyl (C=O) groups is 1. The van der Waals surface area contributed by atoms with E-state index in [4.69, 9.17) is 0 Å². The largest absolute Gasteiger partial charge is 0.432 e. The number of amides is 1. The molecule has 0 bridgehead atoms. The molecule has 1 aliphatic rings. The molecule has 23 heavy (non-hydrogen) atoms. The lowest BCUT2D eigenvalue weighted by atomic mass is 9.97. The van der Waals surface area contributed by atoms with Crippen LogP contribution in [0, 0.1) is 0 Å². The highest BCUT2D eigenvalue weighted by atomic mass is 19.4. The first kappa shape index (κ1) is 15.6. The summed E-state index contributed by atoms with van der Waals surface area (Å²) in [6, 6.07) is 0. The number of aryl methyl sites for hydroxylation is 1. The molecule has 0 unspecified atom stereocenters. The van der Waals surface area contributed by atoms with Crippen LogP contribution in [-0.4, -0.2) is 43.4 Å². The summed E-state index contributed by atoms with van der Waals surface area (Å²) in [4.78, 5) is 24.2. The summed E-state index contributed by atoms with van der Waals surface area (Å²) in [5, 5.41) is 0. The number of alkyl halides is 3. The minimum Gasteiger partial charge on any atom is -0.340 e. The lowest BCUT2D eigenvalue weighted by Crippen LogP contribution is -2.39. The van der Waals surface area contributed by atoms with E-state index in [-0.39, 0.29) is 17.6 Å². The van der Waals surface area contributed by atoms with Crippen LogP contribution in [0.25, 0.3) is 0 Å². The van der Waals surface area contributed by atoms with Gasteiger partial charge in [-0.25, -0.2) is 9.97 Å². The normalized spacial score (nSPS) is 19.1. The Labute approximate surface area is 130 Å². The molecule has 1 atom stereocenters. The SMILES string of the molecule is Cn1cnc(C(=O)N2CCC[C@@H](c3ncc(C(F)(F)F)[nH]3)C2)c1. The molecule has 6 nitrogen and oxygen atoms in total. The number of hydrogen-bond acceptors (Lipinski definition) is 3. The van der Waals surface area contributed by atoms with Crippen molar-refractivity contribution in [2.45, 2.75) is 24.9 Å². The molecule has 9 heteroatoms. The number of aromatic nitrogens is 4. The Bertz CT molecular complexity index is 705. The van der Waals surface area contributed by atoms with Crippen LogP contribution in [0.3, 0.4) is 0 Å². The van der Waals surface area contributed by atoms with Crippen LogP contribution >= 0.6 is 0 Å². The summed E-state index contributed by atoms with van der Waals surface area (Å²) < 4.78 is 39.6. The molecule has 0 aromatic carbocycles. The topological polar surface area (TPSA) is 66.8 Å². The van der Waals surface area contributed by atoms with Gasteiger partial charge in [-0.1, -0.05) is 0 Å². The first-order valence-electron chi connectivity index (χ1n) is 7.24. The molecule has 0 aliphatic carbocycles. The third kappa shape index (κ3) is 3.22. The molecule has 1 N–H and O–H groups in total. The van der Waals surface area contributed by atoms with Gasteiger partial charge < -0.3 is 14.5 Å². The van der Waals surface area contributed by atoms with Gasteiger partial charge in [-0.05, 0) is 12.8 Å². The van der Waals surface area contributed by atoms with Crippen LogP contribution in [0.5, 0.6) is 0 Å². The molecule has 0 spiro atoms. The quantitative estimate of drug-likeness (QED) is 0.919. The zero-order valence-electron chi connectivity index (χ0n) is 12.5. The zero-order chi connectivity index (χ0) is 16.6. The number of H-pyrrole nitrogens is 1. The fourth-order valence-electron chi connectivity index (χ4n) is 2.76. The number of aromatic amines is 1. The van der Waals surface area contributed by atoms with Gasteiger partial charge in [0.25, 0.3) is 5.91 Å². The molecule has 124 valence electrons. The van der Waals surface area contributed by atoms with Gasteiger partial charge in [0.05, 0.1) is 12.5 Å². The lowest BCUT2D eigenvalue weighted by Gasteiger charge is -2.31. The molecule has 1 fully saturated rings. The molecule has 0 saturated carbocycles. The lowest BCUT2D eigenvalue weighted by molar-refractivity contribution is -0.141. The first-order chi connectivity index (χ1) is 10.8. The molecular formula is C14H16F3N5O. The summed E-state index contributed by atoms with van der Waals surface area (Å²) >= 11 is 0. The Hall–Kier alpha value is -2.32. The fourth-order valence-corrected chi connectivity index (χ4v) is 2.76. The number of hydrogen-bond donors (Lipinski definition) is 1. The predicted octanol–water partition coefficient (Wildman–Crippen LogP) is 2.18. The van der Waals surface area contributed by atoms with E-state index in [0.29, 0.717) is 31.6 Å². The number of likely N-dealkylation sites (tertiary alicyclic amines) is 1. The average Bonchev–Trinajstić information content (AvgIpc) is 3.15. The van der Waals surface area contributed by atoms with Crippen LogP contribution in [0.4, 0.5) is 13.2 Å². The van der Waals surface area contributed by atoms with E-state index in [2.05, 4.69) is 15.0 Å². The highest BCUT2D eigenvalue weighted by Crippen LogP contribution is 2.31. The van der Waals surface area contributed by atoms with Gasteiger partial charge in [0.2, 0.25) is 0 Å². The van der Waals surface area contributed by atoms with Crippen LogP contribution < -0.4 is 0 Å². The van der Waals surface area contributed by atoms with Gasteiger partial charge in [-0.15, -0.1) is 0 Å². The molecule has 1 saturated heterocycles. The van der Waals surface area contributed by atoms with Gasteiger partial charge in [0, 0.05) is 32.3 Å². The maximum absolute atomic E-state index is 12.7. The number of halogens is 3. The van der Waals surface area contributed by atoms with E-state index in [9.17, 15) is 18.0 Å². The Morgan fingerprint density at radius 1 is 1.39 bits per heavy atom. The van der Waals surface area contributed by atoms with Crippen molar-refractivity contribution >= 4 is 5.91 Å². The number of nitrogens with one attached hydrogen (secondary N) is 1. The monoisotopic (exact) mass is 327 g/mol. The molecule has 0 radical (unpaired) electrons. The van der Waals surface area contributed by atoms with Crippen molar-refractivity contribution < 1.29 is 18.0 Å². The maximum Gasteiger partial charge on any atom is 0.432 e. The second-order valence-corrected chi connectivity index (χ2v) is 5.69. The third-order valence-corrected chi connectivity index (χ3v) is 3.92. The summed E-state index contributed by atoms with van der Waals surface area (Å²) in [7, 11) is 1.77. The Morgan fingerprint density at radius 2 is 2.17 bits per heavy atom. The number of rotatable bonds is 2. The highest BCUT2D eigenvalue weighted by Gasteiger charge is 2.35. The summed E-state index contributed by atoms with van der Waals surface area (Å²) in [5.74, 6) is -0.166. The summed E-state index contributed by atoms with van der Waals surface area (Å²) in [6.07, 6.45) is 0.928. The fraction of sp³-hybridized carbons (Fsp3) is 0.500. The van der Waals surface area contributed by atoms with Crippen molar-refractivity contribution in [2.24, 2.45) is 7.05 Å². The van der Waals surface area contributed by atoms with Crippen molar-refractivity contribution in [3.8, 4) is 0 Å². The second-order valence-electron chi connectivity index (χ2n) is 5.69. The molecule has 2 aromatic heterocycles. The second kappa shape index (κ2) is 5.71. The number of carbonyl (C=O) groups excluding carboxylic acids is 1. The standard InChI is InChI=1S/C14H16F3N5O/c1-21-7-10(19-8-21)13(23)22-4-2-3-9(6-22)12-18-5-11(20-12)14(15,16)17/h5,7-9H,2-4,6H2,1H3,(H,18,20)/t9-/m1/s1. The van der Waals surface area contributed by atoms with E-state index in [1.54, 1.807) is 22.7 Å². The maximum atomic E-state index is 12.7. The molecule has 1 amide bonds.